The number of aromatic amines is 1. The average molecular weight is 418 g/mol. The number of aromatic nitrogens is 3. The summed E-state index contributed by atoms with van der Waals surface area (Å²) in [6, 6.07) is 15.1. The van der Waals surface area contributed by atoms with Crippen LogP contribution in [0, 0.1) is 0 Å². The van der Waals surface area contributed by atoms with Gasteiger partial charge in [-0.3, -0.25) is 4.79 Å². The molecule has 5 rings (SSSR count). The summed E-state index contributed by atoms with van der Waals surface area (Å²) in [4.78, 5) is 20.7. The van der Waals surface area contributed by atoms with Crippen LogP contribution in [-0.4, -0.2) is 35.3 Å². The number of nitrogens with zero attached hydrogens (tertiary/aromatic N) is 2. The van der Waals surface area contributed by atoms with Crippen molar-refractivity contribution in [3.05, 3.63) is 60.0 Å². The second kappa shape index (κ2) is 7.46. The maximum atomic E-state index is 13.0. The van der Waals surface area contributed by atoms with Crippen LogP contribution in [0.4, 0.5) is 0 Å². The van der Waals surface area contributed by atoms with Crippen molar-refractivity contribution in [3.63, 3.8) is 0 Å². The molecular formula is C23H22N4O4. The minimum Gasteiger partial charge on any atom is -0.493 e. The van der Waals surface area contributed by atoms with Crippen molar-refractivity contribution in [1.82, 2.24) is 20.4 Å². The van der Waals surface area contributed by atoms with Crippen LogP contribution in [0.1, 0.15) is 24.4 Å². The quantitative estimate of drug-likeness (QED) is 0.476. The number of fused-ring (bicyclic) bond motifs is 1. The van der Waals surface area contributed by atoms with Gasteiger partial charge < -0.3 is 24.3 Å². The van der Waals surface area contributed by atoms with E-state index in [1.807, 2.05) is 48.5 Å². The number of amides is 1. The maximum absolute atomic E-state index is 13.0. The summed E-state index contributed by atoms with van der Waals surface area (Å²) < 4.78 is 16.2. The average Bonchev–Trinajstić information content (AvgIpc) is 3.28. The van der Waals surface area contributed by atoms with Gasteiger partial charge in [-0.25, -0.2) is 4.98 Å². The molecule has 2 N–H and O–H groups in total. The molecule has 0 bridgehead atoms. The van der Waals surface area contributed by atoms with Crippen LogP contribution < -0.4 is 14.8 Å². The third-order valence-electron chi connectivity index (χ3n) is 5.71. The van der Waals surface area contributed by atoms with Gasteiger partial charge in [-0.2, -0.15) is 0 Å². The first kappa shape index (κ1) is 19.2. The van der Waals surface area contributed by atoms with Gasteiger partial charge in [0, 0.05) is 11.6 Å². The lowest BCUT2D eigenvalue weighted by Gasteiger charge is -2.11. The first-order valence-electron chi connectivity index (χ1n) is 10.0. The van der Waals surface area contributed by atoms with E-state index in [9.17, 15) is 4.79 Å². The van der Waals surface area contributed by atoms with Crippen molar-refractivity contribution in [1.29, 1.82) is 0 Å². The molecule has 1 aliphatic carbocycles. The van der Waals surface area contributed by atoms with Gasteiger partial charge in [-0.05, 0) is 43.2 Å². The second-order valence-corrected chi connectivity index (χ2v) is 7.61. The summed E-state index contributed by atoms with van der Waals surface area (Å²) in [6.07, 6.45) is 1.47. The fourth-order valence-electron chi connectivity index (χ4n) is 3.77. The van der Waals surface area contributed by atoms with Crippen molar-refractivity contribution in [2.75, 3.05) is 14.2 Å². The Hall–Kier alpha value is -3.81. The van der Waals surface area contributed by atoms with Crippen LogP contribution in [0.25, 0.3) is 22.4 Å². The highest BCUT2D eigenvalue weighted by Crippen LogP contribution is 2.48. The minimum atomic E-state index is -0.648. The number of hydrogen-bond donors (Lipinski definition) is 2. The molecule has 0 spiro atoms. The van der Waals surface area contributed by atoms with Gasteiger partial charge in [0.15, 0.2) is 17.3 Å². The molecule has 158 valence electrons. The van der Waals surface area contributed by atoms with Crippen LogP contribution >= 0.6 is 0 Å². The van der Waals surface area contributed by atoms with E-state index in [1.54, 1.807) is 14.2 Å². The highest BCUT2D eigenvalue weighted by atomic mass is 16.5. The lowest BCUT2D eigenvalue weighted by atomic mass is 10.0. The predicted octanol–water partition coefficient (Wildman–Crippen LogP) is 3.58. The van der Waals surface area contributed by atoms with Crippen molar-refractivity contribution in [3.8, 4) is 22.8 Å². The molecule has 8 heteroatoms. The molecule has 0 radical (unpaired) electrons. The van der Waals surface area contributed by atoms with Crippen molar-refractivity contribution in [2.45, 2.75) is 24.8 Å². The SMILES string of the molecule is COc1ccc(-c2cc(C3(C(=O)NCc4nc5ccccc5[nH]4)CC3)no2)cc1OC. The van der Waals surface area contributed by atoms with Gasteiger partial charge in [-0.15, -0.1) is 0 Å². The van der Waals surface area contributed by atoms with E-state index in [2.05, 4.69) is 20.4 Å². The Morgan fingerprint density at radius 1 is 1.13 bits per heavy atom. The predicted molar refractivity (Wildman–Crippen MR) is 114 cm³/mol. The fraction of sp³-hybridized carbons (Fsp3) is 0.261. The number of carbonyl (C=O) groups excluding carboxylic acids is 1. The number of carbonyl (C=O) groups is 1. The summed E-state index contributed by atoms with van der Waals surface area (Å²) in [5.74, 6) is 2.46. The summed E-state index contributed by atoms with van der Waals surface area (Å²) in [7, 11) is 3.17. The molecule has 0 aliphatic heterocycles. The van der Waals surface area contributed by atoms with E-state index >= 15 is 0 Å². The smallest absolute Gasteiger partial charge is 0.232 e. The molecule has 2 heterocycles. The van der Waals surface area contributed by atoms with E-state index in [1.165, 1.54) is 0 Å². The van der Waals surface area contributed by atoms with Gasteiger partial charge in [0.25, 0.3) is 0 Å². The number of benzene rings is 2. The zero-order valence-corrected chi connectivity index (χ0v) is 17.3. The molecule has 31 heavy (non-hydrogen) atoms. The van der Waals surface area contributed by atoms with Gasteiger partial charge >= 0.3 is 0 Å². The highest BCUT2D eigenvalue weighted by Gasteiger charge is 2.53. The number of imidazole rings is 1. The monoisotopic (exact) mass is 418 g/mol. The largest absolute Gasteiger partial charge is 0.493 e. The van der Waals surface area contributed by atoms with Gasteiger partial charge in [0.1, 0.15) is 5.82 Å². The first-order valence-corrected chi connectivity index (χ1v) is 10.0. The second-order valence-electron chi connectivity index (χ2n) is 7.61. The molecule has 0 unspecified atom stereocenters. The Morgan fingerprint density at radius 2 is 1.94 bits per heavy atom. The zero-order chi connectivity index (χ0) is 21.4. The van der Waals surface area contributed by atoms with Crippen molar-refractivity contribution < 1.29 is 18.8 Å². The van der Waals surface area contributed by atoms with Crippen LogP contribution in [0.15, 0.2) is 53.1 Å². The van der Waals surface area contributed by atoms with Crippen molar-refractivity contribution in [2.24, 2.45) is 0 Å². The Balaban J connectivity index is 1.32. The normalized spacial score (nSPS) is 14.4. The standard InChI is InChI=1S/C23H22N4O4/c1-29-17-8-7-14(11-19(17)30-2)18-12-20(27-31-18)23(9-10-23)22(28)24-13-21-25-15-5-3-4-6-16(15)26-21/h3-8,11-12H,9-10,13H2,1-2H3,(H,24,28)(H,25,26). The lowest BCUT2D eigenvalue weighted by molar-refractivity contribution is -0.123. The fourth-order valence-corrected chi connectivity index (χ4v) is 3.77. The molecule has 1 amide bonds. The third-order valence-corrected chi connectivity index (χ3v) is 5.71. The van der Waals surface area contributed by atoms with Gasteiger partial charge in [-0.1, -0.05) is 17.3 Å². The number of methoxy groups -OCH3 is 2. The van der Waals surface area contributed by atoms with E-state index < -0.39 is 5.41 Å². The molecule has 0 saturated heterocycles. The Kier molecular flexibility index (Phi) is 4.62. The summed E-state index contributed by atoms with van der Waals surface area (Å²) in [5, 5.41) is 7.20. The van der Waals surface area contributed by atoms with Crippen LogP contribution in [0.2, 0.25) is 0 Å². The topological polar surface area (TPSA) is 102 Å². The van der Waals surface area contributed by atoms with E-state index in [0.717, 1.165) is 35.3 Å². The molecule has 1 saturated carbocycles. The van der Waals surface area contributed by atoms with Crippen LogP contribution in [0.3, 0.4) is 0 Å². The molecule has 8 nitrogen and oxygen atoms in total. The Labute approximate surface area is 178 Å². The number of ether oxygens (including phenoxy) is 2. The molecule has 2 aromatic carbocycles. The number of H-pyrrole nitrogens is 1. The Morgan fingerprint density at radius 3 is 2.68 bits per heavy atom. The highest BCUT2D eigenvalue weighted by molar-refractivity contribution is 5.91. The van der Waals surface area contributed by atoms with E-state index in [-0.39, 0.29) is 5.91 Å². The zero-order valence-electron chi connectivity index (χ0n) is 17.3. The van der Waals surface area contributed by atoms with Crippen LogP contribution in [-0.2, 0) is 16.8 Å². The third kappa shape index (κ3) is 3.39. The molecule has 4 aromatic rings. The molecule has 2 aromatic heterocycles. The number of para-hydroxylation sites is 2. The molecule has 1 aliphatic rings. The Bertz CT molecular complexity index is 1220. The van der Waals surface area contributed by atoms with E-state index in [0.29, 0.717) is 29.5 Å². The van der Waals surface area contributed by atoms with Gasteiger partial charge in [0.05, 0.1) is 42.9 Å². The number of rotatable bonds is 7. The van der Waals surface area contributed by atoms with Crippen LogP contribution in [0.5, 0.6) is 11.5 Å². The van der Waals surface area contributed by atoms with E-state index in [4.69, 9.17) is 14.0 Å². The molecular weight excluding hydrogens is 396 g/mol. The number of hydrogen-bond acceptors (Lipinski definition) is 6. The summed E-state index contributed by atoms with van der Waals surface area (Å²) in [5.41, 5.74) is 2.62. The summed E-state index contributed by atoms with van der Waals surface area (Å²) >= 11 is 0. The van der Waals surface area contributed by atoms with Crippen molar-refractivity contribution >= 4 is 16.9 Å². The maximum Gasteiger partial charge on any atom is 0.232 e. The first-order chi connectivity index (χ1) is 15.1. The minimum absolute atomic E-state index is 0.0693. The number of nitrogens with one attached hydrogen (secondary N) is 2. The molecule has 0 atom stereocenters. The summed E-state index contributed by atoms with van der Waals surface area (Å²) in [6.45, 7) is 0.329. The molecule has 1 fully saturated rings. The van der Waals surface area contributed by atoms with Gasteiger partial charge in [0.2, 0.25) is 5.91 Å². The lowest BCUT2D eigenvalue weighted by Crippen LogP contribution is -2.34.